The highest BCUT2D eigenvalue weighted by Crippen LogP contribution is 2.31. The molecular formula is C30H34F3N3O5S. The van der Waals surface area contributed by atoms with Gasteiger partial charge in [0, 0.05) is 38.8 Å². The number of amides is 1. The molecule has 1 atom stereocenters. The molecule has 0 aromatic heterocycles. The molecule has 1 heterocycles. The van der Waals surface area contributed by atoms with Gasteiger partial charge < -0.3 is 14.4 Å². The van der Waals surface area contributed by atoms with Crippen molar-refractivity contribution < 1.29 is 35.9 Å². The number of para-hydroxylation sites is 1. The summed E-state index contributed by atoms with van der Waals surface area (Å²) in [4.78, 5) is 16.0. The van der Waals surface area contributed by atoms with Crippen molar-refractivity contribution in [3.63, 3.8) is 0 Å². The van der Waals surface area contributed by atoms with E-state index >= 15 is 0 Å². The monoisotopic (exact) mass is 605 g/mol. The smallest absolute Gasteiger partial charge is 0.416 e. The molecule has 0 aliphatic carbocycles. The first-order valence-electron chi connectivity index (χ1n) is 13.4. The number of hydrogen-bond acceptors (Lipinski definition) is 6. The van der Waals surface area contributed by atoms with Gasteiger partial charge in [-0.15, -0.1) is 0 Å². The first-order valence-corrected chi connectivity index (χ1v) is 14.9. The number of nitrogens with one attached hydrogen (secondary N) is 1. The number of piperazine rings is 1. The number of alkyl halides is 3. The van der Waals surface area contributed by atoms with Crippen molar-refractivity contribution >= 4 is 16.1 Å². The molecule has 1 unspecified atom stereocenters. The van der Waals surface area contributed by atoms with Crippen LogP contribution >= 0.6 is 0 Å². The number of sulfonamides is 1. The number of carbonyl (C=O) groups is 1. The summed E-state index contributed by atoms with van der Waals surface area (Å²) < 4.78 is 79.8. The maximum absolute atomic E-state index is 13.2. The molecule has 1 aliphatic heterocycles. The van der Waals surface area contributed by atoms with Crippen molar-refractivity contribution in [2.45, 2.75) is 43.5 Å². The molecule has 226 valence electrons. The van der Waals surface area contributed by atoms with Gasteiger partial charge in [0.25, 0.3) is 0 Å². The standard InChI is InChI=1S/C30H34F3N3O5S/c1-29(2,3)41-28(37)36-19-17-35(18-20-36)27(22-9-11-23(12-10-22)30(31,32)33)21-34-42(38,39)26-15-13-25(14-16-26)40-24-7-5-4-6-8-24/h4-16,27,34H,17-21H2,1-3H3. The highest BCUT2D eigenvalue weighted by atomic mass is 32.2. The van der Waals surface area contributed by atoms with E-state index in [-0.39, 0.29) is 11.4 Å². The molecule has 0 bridgehead atoms. The Balaban J connectivity index is 1.48. The third-order valence-electron chi connectivity index (χ3n) is 6.61. The molecule has 3 aromatic rings. The maximum atomic E-state index is 13.2. The summed E-state index contributed by atoms with van der Waals surface area (Å²) >= 11 is 0. The predicted molar refractivity (Wildman–Crippen MR) is 152 cm³/mol. The van der Waals surface area contributed by atoms with E-state index < -0.39 is 39.5 Å². The Morgan fingerprint density at radius 3 is 1.98 bits per heavy atom. The fourth-order valence-corrected chi connectivity index (χ4v) is 5.52. The van der Waals surface area contributed by atoms with Gasteiger partial charge in [-0.2, -0.15) is 13.2 Å². The van der Waals surface area contributed by atoms with Crippen molar-refractivity contribution in [3.8, 4) is 11.5 Å². The zero-order valence-electron chi connectivity index (χ0n) is 23.6. The van der Waals surface area contributed by atoms with Crippen molar-refractivity contribution in [1.82, 2.24) is 14.5 Å². The molecule has 1 aliphatic rings. The Morgan fingerprint density at radius 2 is 1.43 bits per heavy atom. The van der Waals surface area contributed by atoms with Crippen LogP contribution in [0.3, 0.4) is 0 Å². The maximum Gasteiger partial charge on any atom is 0.416 e. The fourth-order valence-electron chi connectivity index (χ4n) is 4.48. The van der Waals surface area contributed by atoms with Crippen LogP contribution in [0.15, 0.2) is 83.8 Å². The third kappa shape index (κ3) is 8.46. The van der Waals surface area contributed by atoms with Crippen LogP contribution in [-0.4, -0.2) is 62.6 Å². The first-order chi connectivity index (χ1) is 19.7. The summed E-state index contributed by atoms with van der Waals surface area (Å²) in [7, 11) is -3.96. The number of ether oxygens (including phenoxy) is 2. The molecular weight excluding hydrogens is 571 g/mol. The minimum Gasteiger partial charge on any atom is -0.457 e. The minimum atomic E-state index is -4.49. The van der Waals surface area contributed by atoms with Gasteiger partial charge in [-0.05, 0) is 74.9 Å². The van der Waals surface area contributed by atoms with Crippen molar-refractivity contribution in [2.24, 2.45) is 0 Å². The summed E-state index contributed by atoms with van der Waals surface area (Å²) in [6.45, 7) is 6.62. The van der Waals surface area contributed by atoms with E-state index in [2.05, 4.69) is 4.72 Å². The lowest BCUT2D eigenvalue weighted by molar-refractivity contribution is -0.137. The van der Waals surface area contributed by atoms with E-state index in [1.807, 2.05) is 23.1 Å². The van der Waals surface area contributed by atoms with E-state index in [1.165, 1.54) is 24.3 Å². The lowest BCUT2D eigenvalue weighted by Gasteiger charge is -2.39. The Labute approximate surface area is 244 Å². The summed E-state index contributed by atoms with van der Waals surface area (Å²) in [5.74, 6) is 1.07. The Bertz CT molecular complexity index is 1430. The number of benzene rings is 3. The van der Waals surface area contributed by atoms with E-state index in [9.17, 15) is 26.4 Å². The van der Waals surface area contributed by atoms with Crippen LogP contribution < -0.4 is 9.46 Å². The summed E-state index contributed by atoms with van der Waals surface area (Å²) in [5.41, 5.74) is -0.928. The zero-order valence-corrected chi connectivity index (χ0v) is 24.4. The molecule has 4 rings (SSSR count). The molecule has 0 spiro atoms. The van der Waals surface area contributed by atoms with Crippen LogP contribution in [0.2, 0.25) is 0 Å². The van der Waals surface area contributed by atoms with Gasteiger partial charge in [-0.3, -0.25) is 4.90 Å². The molecule has 1 fully saturated rings. The van der Waals surface area contributed by atoms with Gasteiger partial charge in [0.15, 0.2) is 0 Å². The van der Waals surface area contributed by atoms with Gasteiger partial charge in [0.2, 0.25) is 10.0 Å². The van der Waals surface area contributed by atoms with Gasteiger partial charge in [0.05, 0.1) is 10.5 Å². The lowest BCUT2D eigenvalue weighted by atomic mass is 10.0. The lowest BCUT2D eigenvalue weighted by Crippen LogP contribution is -2.52. The number of hydrogen-bond donors (Lipinski definition) is 1. The van der Waals surface area contributed by atoms with E-state index in [4.69, 9.17) is 9.47 Å². The molecule has 42 heavy (non-hydrogen) atoms. The van der Waals surface area contributed by atoms with Gasteiger partial charge in [0.1, 0.15) is 17.1 Å². The molecule has 8 nitrogen and oxygen atoms in total. The van der Waals surface area contributed by atoms with Crippen LogP contribution in [-0.2, 0) is 20.9 Å². The SMILES string of the molecule is CC(C)(C)OC(=O)N1CCN(C(CNS(=O)(=O)c2ccc(Oc3ccccc3)cc2)c2ccc(C(F)(F)F)cc2)CC1. The van der Waals surface area contributed by atoms with Crippen LogP contribution in [0.4, 0.5) is 18.0 Å². The molecule has 1 saturated heterocycles. The highest BCUT2D eigenvalue weighted by molar-refractivity contribution is 7.89. The van der Waals surface area contributed by atoms with Gasteiger partial charge in [-0.1, -0.05) is 30.3 Å². The highest BCUT2D eigenvalue weighted by Gasteiger charge is 2.33. The Hall–Kier alpha value is -3.61. The molecule has 1 N–H and O–H groups in total. The number of halogens is 3. The van der Waals surface area contributed by atoms with Crippen LogP contribution in [0.1, 0.15) is 37.9 Å². The molecule has 1 amide bonds. The second-order valence-electron chi connectivity index (χ2n) is 10.9. The normalized spacial score (nSPS) is 15.7. The molecule has 12 heteroatoms. The number of nitrogens with zero attached hydrogens (tertiary/aromatic N) is 2. The Morgan fingerprint density at radius 1 is 0.857 bits per heavy atom. The quantitative estimate of drug-likeness (QED) is 0.336. The first kappa shape index (κ1) is 31.3. The van der Waals surface area contributed by atoms with Crippen molar-refractivity contribution in [1.29, 1.82) is 0 Å². The van der Waals surface area contributed by atoms with Crippen LogP contribution in [0, 0.1) is 0 Å². The summed E-state index contributed by atoms with van der Waals surface area (Å²) in [6, 6.07) is 19.1. The second kappa shape index (κ2) is 12.7. The van der Waals surface area contributed by atoms with E-state index in [1.54, 1.807) is 49.9 Å². The third-order valence-corrected chi connectivity index (χ3v) is 8.05. The number of carbonyl (C=O) groups excluding carboxylic acids is 1. The molecule has 0 radical (unpaired) electrons. The van der Waals surface area contributed by atoms with Gasteiger partial charge >= 0.3 is 12.3 Å². The van der Waals surface area contributed by atoms with Crippen molar-refractivity contribution in [2.75, 3.05) is 32.7 Å². The summed E-state index contributed by atoms with van der Waals surface area (Å²) in [5, 5.41) is 0. The van der Waals surface area contributed by atoms with E-state index in [0.29, 0.717) is 43.2 Å². The largest absolute Gasteiger partial charge is 0.457 e. The Kier molecular flexibility index (Phi) is 9.49. The molecule has 0 saturated carbocycles. The second-order valence-corrected chi connectivity index (χ2v) is 12.6. The molecule has 3 aromatic carbocycles. The van der Waals surface area contributed by atoms with Gasteiger partial charge in [-0.25, -0.2) is 17.9 Å². The predicted octanol–water partition coefficient (Wildman–Crippen LogP) is 6.07. The van der Waals surface area contributed by atoms with Crippen LogP contribution in [0.25, 0.3) is 0 Å². The topological polar surface area (TPSA) is 88.2 Å². The van der Waals surface area contributed by atoms with Crippen molar-refractivity contribution in [3.05, 3.63) is 90.0 Å². The fraction of sp³-hybridized carbons (Fsp3) is 0.367. The van der Waals surface area contributed by atoms with E-state index in [0.717, 1.165) is 12.1 Å². The average Bonchev–Trinajstić information content (AvgIpc) is 2.93. The summed E-state index contributed by atoms with van der Waals surface area (Å²) in [6.07, 6.45) is -4.95. The minimum absolute atomic E-state index is 0.0174. The average molecular weight is 606 g/mol. The zero-order chi connectivity index (χ0) is 30.5. The van der Waals surface area contributed by atoms with Crippen LogP contribution in [0.5, 0.6) is 11.5 Å². The number of rotatable bonds is 8.